The van der Waals surface area contributed by atoms with Gasteiger partial charge in [0.2, 0.25) is 0 Å². The zero-order valence-electron chi connectivity index (χ0n) is 68.6. The van der Waals surface area contributed by atoms with Crippen molar-refractivity contribution in [3.63, 3.8) is 0 Å². The molecule has 0 fully saturated rings. The molecule has 19 aromatic carbocycles. The second-order valence-corrected chi connectivity index (χ2v) is 33.3. The molecule has 2 aliphatic carbocycles. The summed E-state index contributed by atoms with van der Waals surface area (Å²) in [6, 6.07) is 169. The summed E-state index contributed by atoms with van der Waals surface area (Å²) in [5.41, 5.74) is 38.7. The minimum atomic E-state index is -0.756. The van der Waals surface area contributed by atoms with Crippen LogP contribution in [0.15, 0.2) is 461 Å². The first-order chi connectivity index (χ1) is 62.5. The maximum atomic E-state index is 5.50. The normalized spacial score (nSPS) is 13.9. The Kier molecular flexibility index (Phi) is 16.7. The number of fused-ring (bicyclic) bond motifs is 20. The Morgan fingerprint density at radius 2 is 0.579 bits per heavy atom. The summed E-state index contributed by atoms with van der Waals surface area (Å²) in [6.45, 7) is 0. The lowest BCUT2D eigenvalue weighted by Gasteiger charge is -2.46. The molecule has 2 aliphatic heterocycles. The average Bonchev–Trinajstić information content (AvgIpc) is 1.48. The van der Waals surface area contributed by atoms with E-state index in [1.165, 1.54) is 88.8 Å². The van der Waals surface area contributed by atoms with Gasteiger partial charge in [0.15, 0.2) is 11.6 Å². The van der Waals surface area contributed by atoms with Crippen molar-refractivity contribution in [3.05, 3.63) is 506 Å². The Bertz CT molecular complexity index is 7910. The molecule has 586 valence electrons. The highest BCUT2D eigenvalue weighted by Crippen LogP contribution is 2.68. The van der Waals surface area contributed by atoms with E-state index in [0.717, 1.165) is 134 Å². The number of hydrogen-bond acceptors (Lipinski definition) is 6. The first-order valence-corrected chi connectivity index (χ1v) is 43.3. The lowest BCUT2D eigenvalue weighted by molar-refractivity contribution is 0.753. The van der Waals surface area contributed by atoms with Crippen molar-refractivity contribution in [1.29, 1.82) is 0 Å². The van der Waals surface area contributed by atoms with Gasteiger partial charge in [-0.25, -0.2) is 19.9 Å². The second kappa shape index (κ2) is 29.1. The maximum Gasteiger partial charge on any atom is 0.161 e. The largest absolute Gasteiger partial charge is 0.310 e. The number of hydrogen-bond donors (Lipinski definition) is 0. The quantitative estimate of drug-likeness (QED) is 0.121. The standard InChI is InChI=1S/C120H76N6/c1-5-31-78(32-6-1)90-70-71-97(94-45-16-15-44-93(90)94)111-76-109(121-117(124-111)83-36-9-3-10-37-83)82-63-61-77(62-64-82)84-67-72-114-107(74-84)119(100-52-20-17-46-95(100)96-47-18-21-53-101(96)119)103-55-23-25-59-112(103)125(114)88-68-65-80(66-69-88)91-49-29-57-105-115(91)99-48-19-22-54-102(99)120(105)104-56-24-26-60-113(104)126(87-41-11-4-12-42-87)116-92(50-30-58-106(116)120)85-39-27-40-86(73-85)110-75-108(81-34-7-2-8-35-81)122-118(123-110)98-51-28-38-79-33-13-14-43-89(79)98/h1-76H. The molecule has 1 unspecified atom stereocenters. The first kappa shape index (κ1) is 72.3. The SMILES string of the molecule is c1ccc(-c2cc(-c3cccc(-c4cccc5c4N(c4ccccc4)c4ccccc4C54c5ccccc5-c5c(-c6ccc(N7c8ccccc8C8(c9ccccc9-c9ccccc98)c8cc(-c9ccc(-c%10cc(-c%11ccc(-c%12ccccc%12)c%12ccccc%11%12)nc(-c%11ccccc%11)n%10)cc9)ccc87)cc6)cccc54)c3)nc(-c3cccc4ccccc34)n2)cc1. The Hall–Kier alpha value is -16.5. The monoisotopic (exact) mass is 1600 g/mol. The summed E-state index contributed by atoms with van der Waals surface area (Å²) in [5.74, 6) is 1.36. The average molecular weight is 1600 g/mol. The van der Waals surface area contributed by atoms with Crippen LogP contribution in [0, 0.1) is 0 Å². The van der Waals surface area contributed by atoms with Crippen molar-refractivity contribution in [2.75, 3.05) is 9.80 Å². The van der Waals surface area contributed by atoms with E-state index < -0.39 is 10.8 Å². The molecule has 1 atom stereocenters. The van der Waals surface area contributed by atoms with Crippen molar-refractivity contribution in [3.8, 4) is 135 Å². The van der Waals surface area contributed by atoms with E-state index in [9.17, 15) is 0 Å². The van der Waals surface area contributed by atoms with Crippen LogP contribution in [0.2, 0.25) is 0 Å². The lowest BCUT2D eigenvalue weighted by Crippen LogP contribution is -2.36. The van der Waals surface area contributed by atoms with Crippen LogP contribution in [0.25, 0.3) is 156 Å². The summed E-state index contributed by atoms with van der Waals surface area (Å²) in [5, 5.41) is 4.57. The van der Waals surface area contributed by atoms with Gasteiger partial charge in [-0.2, -0.15) is 0 Å². The molecule has 6 nitrogen and oxygen atoms in total. The molecule has 2 spiro atoms. The van der Waals surface area contributed by atoms with E-state index in [0.29, 0.717) is 11.6 Å². The highest BCUT2D eigenvalue weighted by atomic mass is 15.2. The Labute approximate surface area is 731 Å². The van der Waals surface area contributed by atoms with Gasteiger partial charge in [0.25, 0.3) is 0 Å². The molecule has 0 bridgehead atoms. The Morgan fingerprint density at radius 3 is 1.28 bits per heavy atom. The summed E-state index contributed by atoms with van der Waals surface area (Å²) < 4.78 is 0. The Balaban J connectivity index is 0.618. The molecule has 126 heavy (non-hydrogen) atoms. The third kappa shape index (κ3) is 11.2. The lowest BCUT2D eigenvalue weighted by atomic mass is 9.64. The molecule has 6 heteroatoms. The molecule has 2 aromatic heterocycles. The predicted octanol–water partition coefficient (Wildman–Crippen LogP) is 30.5. The summed E-state index contributed by atoms with van der Waals surface area (Å²) in [7, 11) is 0. The van der Waals surface area contributed by atoms with Crippen molar-refractivity contribution >= 4 is 55.7 Å². The van der Waals surface area contributed by atoms with Crippen molar-refractivity contribution in [2.24, 2.45) is 0 Å². The van der Waals surface area contributed by atoms with Crippen molar-refractivity contribution in [2.45, 2.75) is 10.8 Å². The van der Waals surface area contributed by atoms with Gasteiger partial charge >= 0.3 is 0 Å². The van der Waals surface area contributed by atoms with Gasteiger partial charge in [0, 0.05) is 50.3 Å². The maximum absolute atomic E-state index is 5.50. The van der Waals surface area contributed by atoms with Gasteiger partial charge in [-0.15, -0.1) is 0 Å². The molecule has 4 heterocycles. The number of benzene rings is 19. The summed E-state index contributed by atoms with van der Waals surface area (Å²) >= 11 is 0. The molecule has 25 rings (SSSR count). The molecular weight excluding hydrogens is 1530 g/mol. The van der Waals surface area contributed by atoms with E-state index in [1.807, 2.05) is 6.07 Å². The summed E-state index contributed by atoms with van der Waals surface area (Å²) in [6.07, 6.45) is 0. The van der Waals surface area contributed by atoms with Crippen LogP contribution in [0.5, 0.6) is 0 Å². The van der Waals surface area contributed by atoms with Gasteiger partial charge in [-0.3, -0.25) is 0 Å². The van der Waals surface area contributed by atoms with Crippen molar-refractivity contribution < 1.29 is 0 Å². The van der Waals surface area contributed by atoms with E-state index >= 15 is 0 Å². The number of anilines is 6. The van der Waals surface area contributed by atoms with E-state index in [-0.39, 0.29) is 0 Å². The van der Waals surface area contributed by atoms with Crippen LogP contribution in [-0.2, 0) is 10.8 Å². The van der Waals surface area contributed by atoms with Gasteiger partial charge in [0.1, 0.15) is 0 Å². The topological polar surface area (TPSA) is 58.0 Å². The van der Waals surface area contributed by atoms with Crippen LogP contribution < -0.4 is 9.80 Å². The fourth-order valence-corrected chi connectivity index (χ4v) is 21.3. The van der Waals surface area contributed by atoms with Gasteiger partial charge in [-0.05, 0) is 194 Å². The Morgan fingerprint density at radius 1 is 0.175 bits per heavy atom. The van der Waals surface area contributed by atoms with Gasteiger partial charge in [0.05, 0.1) is 56.4 Å². The van der Waals surface area contributed by atoms with Gasteiger partial charge in [-0.1, -0.05) is 394 Å². The molecule has 21 aromatic rings. The van der Waals surface area contributed by atoms with Crippen LogP contribution in [0.3, 0.4) is 0 Å². The fourth-order valence-electron chi connectivity index (χ4n) is 21.3. The van der Waals surface area contributed by atoms with Gasteiger partial charge < -0.3 is 9.80 Å². The number of rotatable bonds is 12. The molecule has 0 saturated heterocycles. The van der Waals surface area contributed by atoms with Crippen LogP contribution in [-0.4, -0.2) is 19.9 Å². The third-order valence-electron chi connectivity index (χ3n) is 26.7. The fraction of sp³-hybridized carbons (Fsp3) is 0.0167. The second-order valence-electron chi connectivity index (χ2n) is 33.3. The van der Waals surface area contributed by atoms with E-state index in [2.05, 4.69) is 465 Å². The zero-order valence-corrected chi connectivity index (χ0v) is 68.6. The smallest absolute Gasteiger partial charge is 0.161 e. The summed E-state index contributed by atoms with van der Waals surface area (Å²) in [4.78, 5) is 26.6. The van der Waals surface area contributed by atoms with Crippen LogP contribution in [0.1, 0.15) is 44.5 Å². The number of aromatic nitrogens is 4. The van der Waals surface area contributed by atoms with Crippen LogP contribution >= 0.6 is 0 Å². The third-order valence-corrected chi connectivity index (χ3v) is 26.7. The molecule has 0 N–H and O–H groups in total. The molecule has 0 saturated carbocycles. The predicted molar refractivity (Wildman–Crippen MR) is 518 cm³/mol. The highest BCUT2D eigenvalue weighted by Gasteiger charge is 2.54. The van der Waals surface area contributed by atoms with Crippen molar-refractivity contribution in [1.82, 2.24) is 19.9 Å². The highest BCUT2D eigenvalue weighted by molar-refractivity contribution is 6.07. The van der Waals surface area contributed by atoms with E-state index in [4.69, 9.17) is 19.9 Å². The van der Waals surface area contributed by atoms with E-state index in [1.54, 1.807) is 0 Å². The molecule has 0 radical (unpaired) electrons. The molecule has 4 aliphatic rings. The number of nitrogens with zero attached hydrogens (tertiary/aromatic N) is 6. The molecule has 0 amide bonds. The first-order valence-electron chi connectivity index (χ1n) is 43.3. The minimum Gasteiger partial charge on any atom is -0.310 e. The van der Waals surface area contributed by atoms with Crippen LogP contribution in [0.4, 0.5) is 34.1 Å². The zero-order chi connectivity index (χ0) is 83.0. The number of para-hydroxylation sites is 4. The minimum absolute atomic E-state index is 0.665. The molecular formula is C120H76N6.